The Morgan fingerprint density at radius 3 is 3.00 bits per heavy atom. The fourth-order valence-electron chi connectivity index (χ4n) is 2.16. The van der Waals surface area contributed by atoms with Crippen LogP contribution in [0.4, 0.5) is 5.13 Å². The molecule has 3 rings (SSSR count). The van der Waals surface area contributed by atoms with Crippen LogP contribution in [0.25, 0.3) is 22.4 Å². The van der Waals surface area contributed by atoms with E-state index in [1.165, 1.54) is 6.08 Å². The van der Waals surface area contributed by atoms with Crippen molar-refractivity contribution in [2.24, 2.45) is 0 Å². The van der Waals surface area contributed by atoms with Crippen LogP contribution in [0.15, 0.2) is 45.4 Å². The Hall–Kier alpha value is -2.72. The number of amides is 1. The number of carbonyl (C=O) groups is 1. The highest BCUT2D eigenvalue weighted by Crippen LogP contribution is 2.27. The van der Waals surface area contributed by atoms with Gasteiger partial charge in [-0.25, -0.2) is 18.2 Å². The molecule has 130 valence electrons. The number of oxazole rings is 1. The Balaban J connectivity index is 1.76. The van der Waals surface area contributed by atoms with Crippen molar-refractivity contribution >= 4 is 43.3 Å². The Labute approximate surface area is 146 Å². The van der Waals surface area contributed by atoms with Gasteiger partial charge < -0.3 is 9.73 Å². The fourth-order valence-corrected chi connectivity index (χ4v) is 3.85. The molecule has 2 heterocycles. The number of benzene rings is 1. The number of carbonyl (C=O) groups excluding carboxylic acids is 1. The summed E-state index contributed by atoms with van der Waals surface area (Å²) < 4.78 is 28.2. The monoisotopic (exact) mass is 379 g/mol. The molecule has 1 aromatic carbocycles. The maximum absolute atomic E-state index is 11.8. The van der Waals surface area contributed by atoms with Crippen molar-refractivity contribution in [2.75, 3.05) is 16.8 Å². The number of nitrogens with one attached hydrogen (secondary N) is 2. The molecule has 0 aliphatic carbocycles. The third-order valence-corrected chi connectivity index (χ3v) is 5.39. The van der Waals surface area contributed by atoms with Crippen LogP contribution in [0.3, 0.4) is 0 Å². The van der Waals surface area contributed by atoms with Crippen LogP contribution in [-0.4, -0.2) is 35.8 Å². The van der Waals surface area contributed by atoms with Crippen LogP contribution in [0, 0.1) is 0 Å². The molecule has 0 aliphatic heterocycles. The van der Waals surface area contributed by atoms with Gasteiger partial charge in [0.1, 0.15) is 5.75 Å². The molecule has 2 aromatic heterocycles. The van der Waals surface area contributed by atoms with Crippen LogP contribution in [-0.2, 0) is 14.6 Å². The Morgan fingerprint density at radius 2 is 2.24 bits per heavy atom. The minimum absolute atomic E-state index is 0.259. The number of rotatable bonds is 6. The highest BCUT2D eigenvalue weighted by molar-refractivity contribution is 7.92. The average molecular weight is 379 g/mol. The topological polar surface area (TPSA) is 122 Å². The molecule has 0 atom stereocenters. The molecular weight excluding hydrogens is 366 g/mol. The number of fused-ring (bicyclic) bond motifs is 1. The Kier molecular flexibility index (Phi) is 4.55. The molecular formula is C15H13N3O5S2. The molecule has 0 unspecified atom stereocenters. The summed E-state index contributed by atoms with van der Waals surface area (Å²) in [4.78, 5) is 29.8. The smallest absolute Gasteiger partial charge is 0.408 e. The summed E-state index contributed by atoms with van der Waals surface area (Å²) in [6.07, 6.45) is 1.24. The minimum Gasteiger partial charge on any atom is -0.408 e. The summed E-state index contributed by atoms with van der Waals surface area (Å²) in [5.41, 5.74) is 2.24. The summed E-state index contributed by atoms with van der Waals surface area (Å²) in [6.45, 7) is 3.35. The predicted molar refractivity (Wildman–Crippen MR) is 95.4 cm³/mol. The SMILES string of the molecule is C=CCS(=O)(=O)CC(=O)Nc1nc(-c2ccc3[nH]c(=O)oc3c2)cs1. The van der Waals surface area contributed by atoms with E-state index in [9.17, 15) is 18.0 Å². The van der Waals surface area contributed by atoms with Crippen molar-refractivity contribution < 1.29 is 17.6 Å². The van der Waals surface area contributed by atoms with Crippen LogP contribution in [0.1, 0.15) is 0 Å². The van der Waals surface area contributed by atoms with E-state index in [4.69, 9.17) is 4.42 Å². The maximum atomic E-state index is 11.8. The second-order valence-electron chi connectivity index (χ2n) is 5.15. The third-order valence-electron chi connectivity index (χ3n) is 3.19. The first kappa shape index (κ1) is 17.1. The number of sulfone groups is 1. The van der Waals surface area contributed by atoms with Crippen molar-refractivity contribution in [3.8, 4) is 11.3 Å². The van der Waals surface area contributed by atoms with Gasteiger partial charge in [0.05, 0.1) is 17.0 Å². The van der Waals surface area contributed by atoms with E-state index >= 15 is 0 Å². The highest BCUT2D eigenvalue weighted by Gasteiger charge is 2.16. The second kappa shape index (κ2) is 6.65. The van der Waals surface area contributed by atoms with Gasteiger partial charge in [0.15, 0.2) is 20.6 Å². The molecule has 0 fully saturated rings. The second-order valence-corrected chi connectivity index (χ2v) is 8.12. The first-order valence-electron chi connectivity index (χ1n) is 7.06. The number of nitrogens with zero attached hydrogens (tertiary/aromatic N) is 1. The molecule has 0 bridgehead atoms. The van der Waals surface area contributed by atoms with E-state index in [1.807, 2.05) is 0 Å². The molecule has 25 heavy (non-hydrogen) atoms. The summed E-state index contributed by atoms with van der Waals surface area (Å²) in [6, 6.07) is 5.10. The average Bonchev–Trinajstić information content (AvgIpc) is 3.10. The van der Waals surface area contributed by atoms with Gasteiger partial charge in [-0.05, 0) is 12.1 Å². The van der Waals surface area contributed by atoms with Gasteiger partial charge in [-0.1, -0.05) is 12.1 Å². The number of aromatic nitrogens is 2. The summed E-state index contributed by atoms with van der Waals surface area (Å²) >= 11 is 1.16. The molecule has 3 aromatic rings. The number of thiazole rings is 1. The molecule has 2 N–H and O–H groups in total. The van der Waals surface area contributed by atoms with Crippen LogP contribution >= 0.6 is 11.3 Å². The largest absolute Gasteiger partial charge is 0.417 e. The van der Waals surface area contributed by atoms with Crippen molar-refractivity contribution in [1.82, 2.24) is 9.97 Å². The quantitative estimate of drug-likeness (QED) is 0.630. The van der Waals surface area contributed by atoms with Gasteiger partial charge in [0.2, 0.25) is 5.91 Å². The Bertz CT molecular complexity index is 1110. The van der Waals surface area contributed by atoms with Crippen molar-refractivity contribution in [3.63, 3.8) is 0 Å². The number of aromatic amines is 1. The summed E-state index contributed by atoms with van der Waals surface area (Å²) in [5.74, 6) is -2.09. The number of hydrogen-bond donors (Lipinski definition) is 2. The summed E-state index contributed by atoms with van der Waals surface area (Å²) in [5, 5.41) is 4.45. The lowest BCUT2D eigenvalue weighted by Crippen LogP contribution is -2.24. The number of anilines is 1. The van der Waals surface area contributed by atoms with E-state index in [-0.39, 0.29) is 10.9 Å². The Morgan fingerprint density at radius 1 is 1.44 bits per heavy atom. The van der Waals surface area contributed by atoms with Gasteiger partial charge in [0.25, 0.3) is 0 Å². The number of hydrogen-bond acceptors (Lipinski definition) is 7. The van der Waals surface area contributed by atoms with Crippen LogP contribution < -0.4 is 11.1 Å². The lowest BCUT2D eigenvalue weighted by molar-refractivity contribution is -0.113. The van der Waals surface area contributed by atoms with Crippen LogP contribution in [0.5, 0.6) is 0 Å². The predicted octanol–water partition coefficient (Wildman–Crippen LogP) is 1.78. The highest BCUT2D eigenvalue weighted by atomic mass is 32.2. The molecule has 0 aliphatic rings. The first-order valence-corrected chi connectivity index (χ1v) is 9.76. The van der Waals surface area contributed by atoms with Gasteiger partial charge >= 0.3 is 5.76 Å². The van der Waals surface area contributed by atoms with E-state index in [2.05, 4.69) is 21.9 Å². The zero-order chi connectivity index (χ0) is 18.0. The van der Waals surface area contributed by atoms with E-state index in [0.717, 1.165) is 11.3 Å². The standard InChI is InChI=1S/C15H13N3O5S2/c1-2-5-25(21,22)8-13(19)18-14-16-11(7-24-14)9-3-4-10-12(6-9)23-15(20)17-10/h2-4,6-7H,1,5,8H2,(H,17,20)(H,16,18,19). The molecule has 1 amide bonds. The fraction of sp³-hybridized carbons (Fsp3) is 0.133. The van der Waals surface area contributed by atoms with Crippen molar-refractivity contribution in [1.29, 1.82) is 0 Å². The molecule has 0 saturated carbocycles. The van der Waals surface area contributed by atoms with E-state index in [1.54, 1.807) is 23.6 Å². The lowest BCUT2D eigenvalue weighted by atomic mass is 10.1. The molecule has 0 spiro atoms. The zero-order valence-corrected chi connectivity index (χ0v) is 14.4. The van der Waals surface area contributed by atoms with Gasteiger partial charge in [-0.3, -0.25) is 9.78 Å². The normalized spacial score (nSPS) is 11.5. The first-order chi connectivity index (χ1) is 11.9. The van der Waals surface area contributed by atoms with Gasteiger partial charge in [-0.15, -0.1) is 17.9 Å². The van der Waals surface area contributed by atoms with Crippen LogP contribution in [0.2, 0.25) is 0 Å². The maximum Gasteiger partial charge on any atom is 0.417 e. The lowest BCUT2D eigenvalue weighted by Gasteiger charge is -2.01. The third kappa shape index (κ3) is 4.03. The molecule has 10 heteroatoms. The van der Waals surface area contributed by atoms with Crippen molar-refractivity contribution in [2.45, 2.75) is 0 Å². The number of H-pyrrole nitrogens is 1. The van der Waals surface area contributed by atoms with Gasteiger partial charge in [-0.2, -0.15) is 0 Å². The molecule has 0 radical (unpaired) electrons. The minimum atomic E-state index is -3.52. The van der Waals surface area contributed by atoms with E-state index < -0.39 is 27.3 Å². The molecule has 8 nitrogen and oxygen atoms in total. The summed E-state index contributed by atoms with van der Waals surface area (Å²) in [7, 11) is -3.52. The van der Waals surface area contributed by atoms with Gasteiger partial charge in [0, 0.05) is 10.9 Å². The molecule has 0 saturated heterocycles. The van der Waals surface area contributed by atoms with E-state index in [0.29, 0.717) is 22.4 Å². The van der Waals surface area contributed by atoms with Crippen molar-refractivity contribution in [3.05, 3.63) is 46.8 Å². The zero-order valence-electron chi connectivity index (χ0n) is 12.8.